The molecule has 39 nitrogen and oxygen atoms in total. The van der Waals surface area contributed by atoms with Gasteiger partial charge in [0.05, 0.1) is 55.8 Å². The van der Waals surface area contributed by atoms with Crippen LogP contribution in [0.25, 0.3) is 32.7 Å². The largest absolute Gasteiger partial charge is 1.00 e. The Balaban J connectivity index is 0.000000168. The molecule has 774 valence electrons. The van der Waals surface area contributed by atoms with E-state index in [0.717, 1.165) is 71.7 Å². The van der Waals surface area contributed by atoms with Crippen molar-refractivity contribution in [2.75, 3.05) is 58.9 Å². The zero-order chi connectivity index (χ0) is 106. The van der Waals surface area contributed by atoms with Crippen molar-refractivity contribution in [3.05, 3.63) is 342 Å². The van der Waals surface area contributed by atoms with Crippen molar-refractivity contribution < 1.29 is 130 Å². The van der Waals surface area contributed by atoms with Crippen LogP contribution >= 0.6 is 15.6 Å². The van der Waals surface area contributed by atoms with Crippen LogP contribution in [-0.2, 0) is 118 Å². The molecule has 12 amide bonds. The molecule has 1 unspecified atom stereocenters. The summed E-state index contributed by atoms with van der Waals surface area (Å²) in [6.07, 6.45) is 7.89. The summed E-state index contributed by atoms with van der Waals surface area (Å²) < 4.78 is 37.5. The van der Waals surface area contributed by atoms with E-state index in [-0.39, 0.29) is 217 Å². The van der Waals surface area contributed by atoms with Crippen molar-refractivity contribution >= 4 is 119 Å². The first kappa shape index (κ1) is 109. The average molecular weight is 2090 g/mol. The fraction of sp³-hybridized carbons (Fsp3) is 0.278. The minimum absolute atomic E-state index is 0. The number of para-hydroxylation sites is 3. The van der Waals surface area contributed by atoms with E-state index in [4.69, 9.17) is 4.89 Å². The quantitative estimate of drug-likeness (QED) is 0.00964. The number of nitrogens with zero attached hydrogens (tertiary/aromatic N) is 15. The number of hydrogen-bond donors (Lipinski definition) is 7. The SMILES string of the molecule is C=CCN1CC(=O)N2[C@@H](Cc3ccc(O)cc3)C(=O)N(Cc3cccc4c(C(C)=O)cn(C)c34)C[C@@H]2N1C(=O)NCc1ccccc1.C=CCN1CC(=O)N2[C@@H](Cc3ccc(OP(=O)(O)O)cc3)C(=O)N(Cc3cccc4c(C(C)=O)cn(C)c34)C[C@@H]2N1C(=O)NCc1ccccc1.C=CCN1CC(=O)N2[C@@H](Cc3ccc(OP(=O)([O-])O)cc3)C(=O)N(Cc3cccc4c(C(C)=O)cn(C)c34)C[C@@H]2N1C(=O)NCc1ccccc1.[Na+]. The fourth-order valence-corrected chi connectivity index (χ4v) is 21.3. The molecule has 6 saturated heterocycles. The van der Waals surface area contributed by atoms with Gasteiger partial charge in [-0.2, -0.15) is 0 Å². The Hall–Kier alpha value is -15.0. The third-order valence-electron chi connectivity index (χ3n) is 27.0. The van der Waals surface area contributed by atoms with Gasteiger partial charge in [-0.3, -0.25) is 57.5 Å². The Morgan fingerprint density at radius 3 is 0.920 bits per heavy atom. The number of aryl methyl sites for hydroxylation is 3. The predicted molar refractivity (Wildman–Crippen MR) is 550 cm³/mol. The number of Topliss-reactive ketones (excluding diaryl/α,β-unsaturated/α-hetero) is 3. The van der Waals surface area contributed by atoms with Crippen molar-refractivity contribution in [2.45, 2.75) is 116 Å². The Morgan fingerprint density at radius 2 is 0.660 bits per heavy atom. The Kier molecular flexibility index (Phi) is 34.4. The van der Waals surface area contributed by atoms with Crippen molar-refractivity contribution in [2.24, 2.45) is 21.1 Å². The maximum Gasteiger partial charge on any atom is 1.00 e. The number of benzene rings is 9. The second-order valence-electron chi connectivity index (χ2n) is 37.2. The summed E-state index contributed by atoms with van der Waals surface area (Å²) in [5, 5.41) is 30.6. The molecule has 9 aromatic carbocycles. The Labute approximate surface area is 887 Å². The minimum atomic E-state index is -5.04. The first-order valence-electron chi connectivity index (χ1n) is 48.2. The number of ketones is 3. The molecular weight excluding hydrogens is 1970 g/mol. The van der Waals surface area contributed by atoms with Gasteiger partial charge in [-0.15, -0.1) is 19.7 Å². The van der Waals surface area contributed by atoms with E-state index in [1.165, 1.54) is 64.9 Å². The number of aromatic hydroxyl groups is 1. The molecule has 6 aliphatic rings. The summed E-state index contributed by atoms with van der Waals surface area (Å²) in [4.78, 5) is 213. The van der Waals surface area contributed by atoms with Crippen molar-refractivity contribution in [1.29, 1.82) is 0 Å². The zero-order valence-electron chi connectivity index (χ0n) is 83.9. The Bertz CT molecular complexity index is 6960. The molecule has 0 aliphatic carbocycles. The molecule has 0 saturated carbocycles. The van der Waals surface area contributed by atoms with Gasteiger partial charge in [0, 0.05) is 151 Å². The van der Waals surface area contributed by atoms with Gasteiger partial charge in [-0.25, -0.2) is 49.0 Å². The van der Waals surface area contributed by atoms with Gasteiger partial charge in [0.1, 0.15) is 53.9 Å². The van der Waals surface area contributed by atoms with Crippen LogP contribution in [0.2, 0.25) is 0 Å². The van der Waals surface area contributed by atoms with Gasteiger partial charge in [0.15, 0.2) is 17.3 Å². The van der Waals surface area contributed by atoms with Crippen LogP contribution in [0.1, 0.15) is 102 Å². The summed E-state index contributed by atoms with van der Waals surface area (Å²) in [5.41, 5.74) is 11.2. The summed E-state index contributed by atoms with van der Waals surface area (Å²) in [6.45, 7) is 17.5. The number of phenolic OH excluding ortho intramolecular Hbond substituents is 1. The molecule has 18 rings (SSSR count). The zero-order valence-corrected chi connectivity index (χ0v) is 87.7. The van der Waals surface area contributed by atoms with E-state index in [2.05, 4.69) is 44.7 Å². The summed E-state index contributed by atoms with van der Waals surface area (Å²) in [7, 11) is -4.27. The van der Waals surface area contributed by atoms with E-state index in [1.54, 1.807) is 125 Å². The molecule has 0 spiro atoms. The van der Waals surface area contributed by atoms with Gasteiger partial charge in [-0.1, -0.05) is 200 Å². The van der Waals surface area contributed by atoms with Crippen LogP contribution in [0.4, 0.5) is 14.4 Å². The van der Waals surface area contributed by atoms with E-state index in [0.29, 0.717) is 27.8 Å². The number of phenols is 1. The number of amides is 12. The molecule has 9 heterocycles. The van der Waals surface area contributed by atoms with Gasteiger partial charge in [-0.05, 0) is 107 Å². The van der Waals surface area contributed by atoms with Crippen LogP contribution in [0, 0.1) is 0 Å². The molecule has 3 aromatic heterocycles. The maximum atomic E-state index is 14.5. The molecule has 7 N–H and O–H groups in total. The number of hydrogen-bond acceptors (Lipinski definition) is 21. The molecule has 7 atom stereocenters. The van der Waals surface area contributed by atoms with Crippen LogP contribution in [0.15, 0.2) is 275 Å². The van der Waals surface area contributed by atoms with Crippen LogP contribution in [0.5, 0.6) is 17.2 Å². The van der Waals surface area contributed by atoms with Crippen molar-refractivity contribution in [3.63, 3.8) is 0 Å². The Morgan fingerprint density at radius 1 is 0.387 bits per heavy atom. The van der Waals surface area contributed by atoms with Gasteiger partial charge in [0.25, 0.3) is 0 Å². The minimum Gasteiger partial charge on any atom is -0.746 e. The van der Waals surface area contributed by atoms with Crippen LogP contribution in [-0.4, -0.2) is 259 Å². The monoisotopic (exact) mass is 2080 g/mol. The van der Waals surface area contributed by atoms with Crippen molar-refractivity contribution in [3.8, 4) is 17.2 Å². The van der Waals surface area contributed by atoms with Crippen molar-refractivity contribution in [1.82, 2.24) is 89.1 Å². The summed E-state index contributed by atoms with van der Waals surface area (Å²) in [6, 6.07) is 59.2. The standard InChI is InChI=1S/2C36H39N6O8P.C36H38N6O5.Na/c2*1-4-17-40-23-33(44)41-31(18-25-13-15-28(16-14-25)50-51(47,48)49)35(45)39(20-27-11-8-12-29-30(24(2)43)21-38(3)34(27)29)22-32(41)42(40)36(46)37-19-26-9-6-5-7-10-26;1-4-17-40-23-33(45)41-31(18-25-13-15-28(44)16-14-25)35(46)39(20-27-11-8-12-29-30(24(2)43)21-38(3)34(27)29)22-32(41)42(40)36(47)37-19-26-9-6-5-7-10-26;/h2*4-16,21,31-32H,1,17-20,22-23H2,2-3H3,(H,37,46)(H2,47,48,49);4-16,21,31-32,44H,1,17-20,22-23H2,2-3H3,(H,37,47);/q;;;+1/p-1/t3*31-,32-;/m000./s1. The third-order valence-corrected chi connectivity index (χ3v) is 27.9. The first-order valence-corrected chi connectivity index (χ1v) is 51.3. The number of fused-ring (bicyclic) bond motifs is 6. The molecule has 0 radical (unpaired) electrons. The van der Waals surface area contributed by atoms with Gasteiger partial charge >= 0.3 is 63.3 Å². The maximum absolute atomic E-state index is 14.5. The third kappa shape index (κ3) is 24.6. The first-order chi connectivity index (χ1) is 71.3. The number of phosphoric acid groups is 2. The average Bonchev–Trinajstić information content (AvgIpc) is 1.000. The number of carbonyl (C=O) groups is 12. The molecule has 6 fully saturated rings. The van der Waals surface area contributed by atoms with Gasteiger partial charge in [0.2, 0.25) is 35.4 Å². The molecule has 42 heteroatoms. The predicted octanol–water partition coefficient (Wildman–Crippen LogP) is 7.37. The number of aromatic nitrogens is 3. The normalized spacial score (nSPS) is 18.4. The number of rotatable bonds is 31. The van der Waals surface area contributed by atoms with Crippen LogP contribution < -0.4 is 59.4 Å². The fourth-order valence-electron chi connectivity index (χ4n) is 20.5. The number of urea groups is 3. The molecular formula is C108H115N18NaO21P2. The van der Waals surface area contributed by atoms with Gasteiger partial charge < -0.3 is 83.0 Å². The smallest absolute Gasteiger partial charge is 0.746 e. The van der Waals surface area contributed by atoms with E-state index in [9.17, 15) is 86.5 Å². The number of piperazine rings is 3. The molecule has 0 bridgehead atoms. The number of hydrazine groups is 3. The number of nitrogens with one attached hydrogen (secondary N) is 3. The topological polar surface area (TPSA) is 451 Å². The molecule has 12 aromatic rings. The molecule has 6 aliphatic heterocycles. The molecule has 150 heavy (non-hydrogen) atoms. The van der Waals surface area contributed by atoms with Crippen LogP contribution in [0.3, 0.4) is 0 Å². The van der Waals surface area contributed by atoms with E-state index >= 15 is 0 Å². The second-order valence-corrected chi connectivity index (χ2v) is 39.5. The van der Waals surface area contributed by atoms with E-state index < -0.39 is 70.4 Å². The number of carbonyl (C=O) groups excluding carboxylic acids is 12. The number of phosphoric ester groups is 2. The summed E-state index contributed by atoms with van der Waals surface area (Å²) >= 11 is 0. The van der Waals surface area contributed by atoms with E-state index in [1.807, 2.05) is 180 Å². The summed E-state index contributed by atoms with van der Waals surface area (Å²) in [5.74, 6) is -2.20. The second kappa shape index (κ2) is 47.3.